The van der Waals surface area contributed by atoms with Gasteiger partial charge in [0.25, 0.3) is 5.91 Å². The van der Waals surface area contributed by atoms with E-state index in [2.05, 4.69) is 20.9 Å². The first kappa shape index (κ1) is 25.3. The number of nitrogens with zero attached hydrogens (tertiary/aromatic N) is 1. The van der Waals surface area contributed by atoms with Crippen LogP contribution in [0.3, 0.4) is 0 Å². The average Bonchev–Trinajstić information content (AvgIpc) is 2.80. The molecule has 8 nitrogen and oxygen atoms in total. The highest BCUT2D eigenvalue weighted by atomic mass is 35.5. The van der Waals surface area contributed by atoms with Gasteiger partial charge in [0.05, 0.1) is 19.8 Å². The number of ether oxygens (including phenoxy) is 2. The molecule has 0 spiro atoms. The molecule has 1 aliphatic rings. The number of guanidine groups is 1. The Morgan fingerprint density at radius 2 is 1.82 bits per heavy atom. The van der Waals surface area contributed by atoms with Crippen LogP contribution in [0, 0.1) is 5.82 Å². The number of aliphatic imine (C=N–C) groups is 1. The second-order valence-electron chi connectivity index (χ2n) is 7.81. The van der Waals surface area contributed by atoms with Gasteiger partial charge in [-0.2, -0.15) is 0 Å². The first-order valence-electron chi connectivity index (χ1n) is 11.1. The molecule has 1 saturated carbocycles. The van der Waals surface area contributed by atoms with E-state index in [1.54, 1.807) is 44.4 Å². The van der Waals surface area contributed by atoms with Gasteiger partial charge in [0, 0.05) is 22.3 Å². The minimum atomic E-state index is -0.513. The third-order valence-electron chi connectivity index (χ3n) is 5.32. The zero-order valence-electron chi connectivity index (χ0n) is 19.1. The molecule has 0 unspecified atom stereocenters. The zero-order chi connectivity index (χ0) is 24.5. The summed E-state index contributed by atoms with van der Waals surface area (Å²) in [6.45, 7) is 2.07. The van der Waals surface area contributed by atoms with Crippen molar-refractivity contribution in [1.82, 2.24) is 10.6 Å². The number of hydrogen-bond donors (Lipinski definition) is 3. The standard InChI is InChI=1S/C24H28ClFN4O4/c1-3-34-24(32)29-19-8-6-18(7-9-19)27-23(28-20-13-16(25)12-17(26)14-20)30-22(31)15-4-10-21(33-2)11-5-15/h4-5,10-14,18-19H,3,6-9H2,1-2H3,(H,29,32)(H2,27,28,30,31). The number of hydrogen-bond acceptors (Lipinski definition) is 5. The van der Waals surface area contributed by atoms with Crippen LogP contribution in [0.25, 0.3) is 0 Å². The molecule has 2 aromatic rings. The molecule has 0 saturated heterocycles. The summed E-state index contributed by atoms with van der Waals surface area (Å²) in [5.41, 5.74) is 0.770. The third kappa shape index (κ3) is 7.62. The molecule has 0 radical (unpaired) electrons. The highest BCUT2D eigenvalue weighted by molar-refractivity contribution is 6.31. The maximum Gasteiger partial charge on any atom is 0.407 e. The van der Waals surface area contributed by atoms with E-state index in [9.17, 15) is 14.0 Å². The van der Waals surface area contributed by atoms with Gasteiger partial charge in [-0.1, -0.05) is 11.6 Å². The summed E-state index contributed by atoms with van der Waals surface area (Å²) < 4.78 is 23.9. The summed E-state index contributed by atoms with van der Waals surface area (Å²) in [4.78, 5) is 29.2. The van der Waals surface area contributed by atoms with E-state index >= 15 is 0 Å². The minimum absolute atomic E-state index is 0.0119. The normalized spacial score (nSPS) is 18.1. The molecule has 34 heavy (non-hydrogen) atoms. The Kier molecular flexibility index (Phi) is 9.09. The van der Waals surface area contributed by atoms with Gasteiger partial charge in [-0.25, -0.2) is 14.2 Å². The third-order valence-corrected chi connectivity index (χ3v) is 5.53. The van der Waals surface area contributed by atoms with E-state index in [4.69, 9.17) is 21.1 Å². The van der Waals surface area contributed by atoms with Crippen LogP contribution in [0.15, 0.2) is 47.5 Å². The molecule has 1 fully saturated rings. The largest absolute Gasteiger partial charge is 0.497 e. The van der Waals surface area contributed by atoms with E-state index in [0.717, 1.165) is 12.8 Å². The number of alkyl carbamates (subject to hydrolysis) is 1. The van der Waals surface area contributed by atoms with Crippen molar-refractivity contribution in [3.8, 4) is 5.75 Å². The number of benzene rings is 2. The number of nitrogens with one attached hydrogen (secondary N) is 3. The SMILES string of the molecule is CCOC(=O)NC1CCC(N=C(NC(=O)c2ccc(OC)cc2)Nc2cc(F)cc(Cl)c2)CC1. The van der Waals surface area contributed by atoms with Gasteiger partial charge in [-0.05, 0) is 75.1 Å². The molecule has 1 aliphatic carbocycles. The highest BCUT2D eigenvalue weighted by Crippen LogP contribution is 2.23. The van der Waals surface area contributed by atoms with E-state index in [1.165, 1.54) is 12.1 Å². The van der Waals surface area contributed by atoms with Gasteiger partial charge in [0.1, 0.15) is 11.6 Å². The van der Waals surface area contributed by atoms with Gasteiger partial charge in [0.15, 0.2) is 0 Å². The molecule has 0 aromatic heterocycles. The average molecular weight is 491 g/mol. The molecule has 3 N–H and O–H groups in total. The monoisotopic (exact) mass is 490 g/mol. The summed E-state index contributed by atoms with van der Waals surface area (Å²) >= 11 is 5.97. The van der Waals surface area contributed by atoms with Gasteiger partial charge in [-0.15, -0.1) is 0 Å². The maximum atomic E-state index is 13.8. The van der Waals surface area contributed by atoms with Crippen LogP contribution in [-0.2, 0) is 4.74 Å². The van der Waals surface area contributed by atoms with Crippen molar-refractivity contribution in [2.24, 2.45) is 4.99 Å². The van der Waals surface area contributed by atoms with Crippen molar-refractivity contribution in [2.45, 2.75) is 44.7 Å². The van der Waals surface area contributed by atoms with E-state index in [-0.39, 0.29) is 29.0 Å². The fourth-order valence-corrected chi connectivity index (χ4v) is 3.87. The Hall–Kier alpha value is -3.33. The predicted molar refractivity (Wildman–Crippen MR) is 129 cm³/mol. The molecule has 0 heterocycles. The van der Waals surface area contributed by atoms with E-state index < -0.39 is 11.9 Å². The minimum Gasteiger partial charge on any atom is -0.497 e. The maximum absolute atomic E-state index is 13.8. The van der Waals surface area contributed by atoms with Crippen molar-refractivity contribution in [1.29, 1.82) is 0 Å². The number of carbonyl (C=O) groups excluding carboxylic acids is 2. The van der Waals surface area contributed by atoms with Crippen LogP contribution in [0.2, 0.25) is 5.02 Å². The quantitative estimate of drug-likeness (QED) is 0.401. The summed E-state index contributed by atoms with van der Waals surface area (Å²) in [6.07, 6.45) is 2.41. The Morgan fingerprint density at radius 3 is 2.44 bits per heavy atom. The molecule has 0 aliphatic heterocycles. The second kappa shape index (κ2) is 12.2. The van der Waals surface area contributed by atoms with Crippen molar-refractivity contribution < 1.29 is 23.5 Å². The lowest BCUT2D eigenvalue weighted by molar-refractivity contribution is 0.0976. The summed E-state index contributed by atoms with van der Waals surface area (Å²) in [6, 6.07) is 10.6. The molecular weight excluding hydrogens is 463 g/mol. The first-order valence-corrected chi connectivity index (χ1v) is 11.4. The predicted octanol–water partition coefficient (Wildman–Crippen LogP) is 4.74. The number of methoxy groups -OCH3 is 1. The van der Waals surface area contributed by atoms with Gasteiger partial charge in [0.2, 0.25) is 5.96 Å². The number of rotatable bonds is 6. The molecule has 182 valence electrons. The fourth-order valence-electron chi connectivity index (χ4n) is 3.65. The van der Waals surface area contributed by atoms with Crippen LogP contribution in [0.4, 0.5) is 14.9 Å². The van der Waals surface area contributed by atoms with Crippen LogP contribution < -0.4 is 20.7 Å². The summed E-state index contributed by atoms with van der Waals surface area (Å²) in [7, 11) is 1.55. The van der Waals surface area contributed by atoms with Crippen molar-refractivity contribution >= 4 is 35.2 Å². The van der Waals surface area contributed by atoms with Gasteiger partial charge < -0.3 is 20.1 Å². The summed E-state index contributed by atoms with van der Waals surface area (Å²) in [5, 5.41) is 8.80. The van der Waals surface area contributed by atoms with Crippen LogP contribution in [0.1, 0.15) is 43.0 Å². The highest BCUT2D eigenvalue weighted by Gasteiger charge is 2.23. The Labute approximate surface area is 202 Å². The molecule has 0 atom stereocenters. The van der Waals surface area contributed by atoms with Crippen LogP contribution in [0.5, 0.6) is 5.75 Å². The van der Waals surface area contributed by atoms with Gasteiger partial charge in [-0.3, -0.25) is 10.1 Å². The molecule has 10 heteroatoms. The smallest absolute Gasteiger partial charge is 0.407 e. The molecular formula is C24H28ClFN4O4. The molecule has 2 aromatic carbocycles. The second-order valence-corrected chi connectivity index (χ2v) is 8.25. The van der Waals surface area contributed by atoms with Gasteiger partial charge >= 0.3 is 6.09 Å². The number of carbonyl (C=O) groups is 2. The van der Waals surface area contributed by atoms with Crippen molar-refractivity contribution in [3.05, 3.63) is 58.9 Å². The first-order chi connectivity index (χ1) is 16.4. The number of halogens is 2. The number of anilines is 1. The Bertz CT molecular complexity index is 1000. The van der Waals surface area contributed by atoms with E-state index in [1.807, 2.05) is 0 Å². The zero-order valence-corrected chi connectivity index (χ0v) is 19.8. The van der Waals surface area contributed by atoms with Crippen LogP contribution >= 0.6 is 11.6 Å². The fraction of sp³-hybridized carbons (Fsp3) is 0.375. The Morgan fingerprint density at radius 1 is 1.12 bits per heavy atom. The van der Waals surface area contributed by atoms with Crippen LogP contribution in [-0.4, -0.2) is 43.8 Å². The Balaban J connectivity index is 1.72. The van der Waals surface area contributed by atoms with Crippen molar-refractivity contribution in [3.63, 3.8) is 0 Å². The lowest BCUT2D eigenvalue weighted by Gasteiger charge is -2.27. The van der Waals surface area contributed by atoms with E-state index in [0.29, 0.717) is 36.4 Å². The molecule has 0 bridgehead atoms. The molecule has 3 rings (SSSR count). The topological polar surface area (TPSA) is 101 Å². The van der Waals surface area contributed by atoms with Crippen molar-refractivity contribution in [2.75, 3.05) is 19.0 Å². The molecule has 2 amide bonds. The lowest BCUT2D eigenvalue weighted by atomic mass is 9.92. The number of amides is 2. The lowest BCUT2D eigenvalue weighted by Crippen LogP contribution is -2.40. The summed E-state index contributed by atoms with van der Waals surface area (Å²) in [5.74, 6) is -0.0779.